The topological polar surface area (TPSA) is 87.5 Å². The number of aromatic nitrogens is 3. The van der Waals surface area contributed by atoms with Crippen molar-refractivity contribution in [1.29, 1.82) is 0 Å². The molecular formula is C31H31ClN4O4S. The first-order chi connectivity index (χ1) is 20.0. The van der Waals surface area contributed by atoms with Gasteiger partial charge in [0.05, 0.1) is 18.8 Å². The number of fused-ring (bicyclic) bond motifs is 1. The number of benzene rings is 3. The van der Waals surface area contributed by atoms with E-state index in [0.29, 0.717) is 57.9 Å². The zero-order chi connectivity index (χ0) is 28.8. The van der Waals surface area contributed by atoms with Crippen LogP contribution in [0.15, 0.2) is 89.2 Å². The maximum atomic E-state index is 13.7. The van der Waals surface area contributed by atoms with E-state index in [-0.39, 0.29) is 6.61 Å². The quantitative estimate of drug-likeness (QED) is 0.147. The van der Waals surface area contributed by atoms with Gasteiger partial charge in [0.2, 0.25) is 11.1 Å². The first-order valence-electron chi connectivity index (χ1n) is 13.4. The summed E-state index contributed by atoms with van der Waals surface area (Å²) in [7, 11) is 0. The predicted octanol–water partition coefficient (Wildman–Crippen LogP) is 7.05. The molecule has 1 unspecified atom stereocenters. The number of thioether (sulfide) groups is 1. The minimum absolute atomic E-state index is 0.153. The third-order valence-corrected chi connectivity index (χ3v) is 7.72. The van der Waals surface area contributed by atoms with Crippen LogP contribution in [0.3, 0.4) is 0 Å². The van der Waals surface area contributed by atoms with Gasteiger partial charge in [0.1, 0.15) is 12.6 Å². The summed E-state index contributed by atoms with van der Waals surface area (Å²) in [5, 5.41) is 9.33. The first-order valence-corrected chi connectivity index (χ1v) is 14.8. The molecule has 1 aliphatic heterocycles. The number of ether oxygens (including phenoxy) is 3. The number of nitrogens with one attached hydrogen (secondary N) is 1. The summed E-state index contributed by atoms with van der Waals surface area (Å²) in [6.07, 6.45) is 0. The summed E-state index contributed by atoms with van der Waals surface area (Å²) in [5.74, 6) is 1.91. The fraction of sp³-hybridized carbons (Fsp3) is 0.258. The number of hydrogen-bond acceptors (Lipinski definition) is 8. The summed E-state index contributed by atoms with van der Waals surface area (Å²) in [6.45, 7) is 6.81. The van der Waals surface area contributed by atoms with Crippen LogP contribution in [0.2, 0.25) is 5.02 Å². The molecule has 0 radical (unpaired) electrons. The lowest BCUT2D eigenvalue weighted by molar-refractivity contribution is -0.140. The van der Waals surface area contributed by atoms with Gasteiger partial charge < -0.3 is 19.5 Å². The van der Waals surface area contributed by atoms with Crippen molar-refractivity contribution in [2.45, 2.75) is 44.3 Å². The molecule has 1 aliphatic rings. The third kappa shape index (κ3) is 6.52. The van der Waals surface area contributed by atoms with Crippen molar-refractivity contribution in [2.24, 2.45) is 0 Å². The van der Waals surface area contributed by atoms with E-state index in [1.165, 1.54) is 11.8 Å². The molecule has 1 aromatic heterocycles. The zero-order valence-electron chi connectivity index (χ0n) is 23.1. The fourth-order valence-electron chi connectivity index (χ4n) is 4.56. The Kier molecular flexibility index (Phi) is 9.16. The number of rotatable bonds is 11. The summed E-state index contributed by atoms with van der Waals surface area (Å²) in [4.78, 5) is 18.4. The van der Waals surface area contributed by atoms with Crippen LogP contribution in [0.4, 0.5) is 5.95 Å². The minimum Gasteiger partial charge on any atom is -0.490 e. The van der Waals surface area contributed by atoms with Crippen molar-refractivity contribution in [3.05, 3.63) is 106 Å². The number of allylic oxidation sites excluding steroid dienone is 1. The number of anilines is 1. The van der Waals surface area contributed by atoms with Crippen molar-refractivity contribution >= 4 is 35.3 Å². The van der Waals surface area contributed by atoms with Crippen LogP contribution in [-0.2, 0) is 21.9 Å². The van der Waals surface area contributed by atoms with E-state index in [4.69, 9.17) is 35.9 Å². The summed E-state index contributed by atoms with van der Waals surface area (Å²) >= 11 is 7.84. The highest BCUT2D eigenvalue weighted by atomic mass is 35.5. The zero-order valence-corrected chi connectivity index (χ0v) is 24.7. The Bertz CT molecular complexity index is 1560. The number of carbonyl (C=O) groups is 1. The highest BCUT2D eigenvalue weighted by molar-refractivity contribution is 7.98. The van der Waals surface area contributed by atoms with Gasteiger partial charge in [-0.05, 0) is 55.7 Å². The van der Waals surface area contributed by atoms with Gasteiger partial charge >= 0.3 is 5.97 Å². The highest BCUT2D eigenvalue weighted by Gasteiger charge is 2.36. The Balaban J connectivity index is 1.51. The molecule has 0 fully saturated rings. The van der Waals surface area contributed by atoms with Crippen LogP contribution in [0.25, 0.3) is 0 Å². The predicted molar refractivity (Wildman–Crippen MR) is 161 cm³/mol. The number of carbonyl (C=O) groups excluding carboxylic acids is 1. The van der Waals surface area contributed by atoms with Gasteiger partial charge in [-0.2, -0.15) is 4.98 Å². The fourth-order valence-corrected chi connectivity index (χ4v) is 5.68. The van der Waals surface area contributed by atoms with Crippen LogP contribution in [0.1, 0.15) is 43.5 Å². The van der Waals surface area contributed by atoms with Crippen LogP contribution in [0.5, 0.6) is 11.5 Å². The molecule has 10 heteroatoms. The summed E-state index contributed by atoms with van der Waals surface area (Å²) in [5.41, 5.74) is 3.76. The summed E-state index contributed by atoms with van der Waals surface area (Å²) in [6, 6.07) is 22.4. The lowest BCUT2D eigenvalue weighted by Gasteiger charge is -2.28. The molecule has 0 spiro atoms. The second-order valence-electron chi connectivity index (χ2n) is 9.24. The van der Waals surface area contributed by atoms with Crippen molar-refractivity contribution in [1.82, 2.24) is 14.8 Å². The van der Waals surface area contributed by atoms with Crippen LogP contribution >= 0.6 is 23.4 Å². The molecule has 41 heavy (non-hydrogen) atoms. The number of halogens is 1. The molecule has 1 atom stereocenters. The average molecular weight is 591 g/mol. The maximum absolute atomic E-state index is 13.7. The molecule has 4 aromatic rings. The smallest absolute Gasteiger partial charge is 0.338 e. The van der Waals surface area contributed by atoms with Gasteiger partial charge in [-0.15, -0.1) is 5.10 Å². The Hall–Kier alpha value is -3.95. The average Bonchev–Trinajstić information content (AvgIpc) is 3.39. The lowest BCUT2D eigenvalue weighted by Crippen LogP contribution is -2.29. The maximum Gasteiger partial charge on any atom is 0.338 e. The molecule has 0 bridgehead atoms. The van der Waals surface area contributed by atoms with E-state index < -0.39 is 12.0 Å². The Morgan fingerprint density at radius 3 is 2.49 bits per heavy atom. The molecule has 3 aromatic carbocycles. The normalized spacial score (nSPS) is 14.3. The van der Waals surface area contributed by atoms with Gasteiger partial charge in [-0.1, -0.05) is 78.0 Å². The number of nitrogens with zero attached hydrogens (tertiary/aromatic N) is 3. The second-order valence-corrected chi connectivity index (χ2v) is 10.6. The van der Waals surface area contributed by atoms with Gasteiger partial charge in [0, 0.05) is 16.5 Å². The largest absolute Gasteiger partial charge is 0.490 e. The number of esters is 1. The van der Waals surface area contributed by atoms with E-state index >= 15 is 0 Å². The van der Waals surface area contributed by atoms with Gasteiger partial charge in [0.15, 0.2) is 11.5 Å². The minimum atomic E-state index is -0.605. The number of hydrogen-bond donors (Lipinski definition) is 1. The highest BCUT2D eigenvalue weighted by Crippen LogP contribution is 2.40. The molecule has 1 N–H and O–H groups in total. The van der Waals surface area contributed by atoms with Crippen molar-refractivity contribution < 1.29 is 19.0 Å². The Morgan fingerprint density at radius 1 is 1.00 bits per heavy atom. The third-order valence-electron chi connectivity index (χ3n) is 6.46. The standard InChI is InChI=1S/C31H31ClN4O4S/c1-4-38-25-16-15-22(17-26(25)39-5-2)28-27(29(37)40-18-21-11-7-6-8-12-21)20(3)33-30-34-31(35-36(28)30)41-19-23-13-9-10-14-24(23)32/h6-17,28H,4-5,18-19H2,1-3H3,(H,33,34,35). The second kappa shape index (κ2) is 13.1. The van der Waals surface area contributed by atoms with E-state index in [2.05, 4.69) is 5.32 Å². The van der Waals surface area contributed by atoms with Gasteiger partial charge in [-0.25, -0.2) is 9.48 Å². The van der Waals surface area contributed by atoms with Crippen molar-refractivity contribution in [2.75, 3.05) is 18.5 Å². The van der Waals surface area contributed by atoms with E-state index in [1.54, 1.807) is 4.68 Å². The first kappa shape index (κ1) is 28.6. The molecule has 0 saturated heterocycles. The monoisotopic (exact) mass is 590 g/mol. The van der Waals surface area contributed by atoms with E-state index in [9.17, 15) is 4.79 Å². The molecule has 8 nitrogen and oxygen atoms in total. The van der Waals surface area contributed by atoms with Crippen molar-refractivity contribution in [3.63, 3.8) is 0 Å². The van der Waals surface area contributed by atoms with Crippen LogP contribution < -0.4 is 14.8 Å². The molecule has 0 amide bonds. The van der Waals surface area contributed by atoms with Crippen LogP contribution in [0, 0.1) is 0 Å². The summed E-state index contributed by atoms with van der Waals surface area (Å²) < 4.78 is 19.2. The van der Waals surface area contributed by atoms with Crippen LogP contribution in [-0.4, -0.2) is 33.9 Å². The Morgan fingerprint density at radius 2 is 1.73 bits per heavy atom. The molecule has 5 rings (SSSR count). The molecular weight excluding hydrogens is 560 g/mol. The molecule has 0 saturated carbocycles. The van der Waals surface area contributed by atoms with E-state index in [1.807, 2.05) is 93.6 Å². The van der Waals surface area contributed by atoms with Gasteiger partial charge in [-0.3, -0.25) is 0 Å². The lowest BCUT2D eigenvalue weighted by atomic mass is 9.95. The molecule has 212 valence electrons. The van der Waals surface area contributed by atoms with E-state index in [0.717, 1.165) is 16.7 Å². The SMILES string of the molecule is CCOc1ccc(C2C(C(=O)OCc3ccccc3)=C(C)Nc3nc(SCc4ccccc4Cl)nn32)cc1OCC. The van der Waals surface area contributed by atoms with Crippen molar-refractivity contribution in [3.8, 4) is 11.5 Å². The molecule has 2 heterocycles. The van der Waals surface area contributed by atoms with Gasteiger partial charge in [0.25, 0.3) is 0 Å². The Labute approximate surface area is 248 Å². The molecule has 0 aliphatic carbocycles.